The number of carbonyl (C=O) groups excluding carboxylic acids is 1. The highest BCUT2D eigenvalue weighted by Crippen LogP contribution is 2.49. The summed E-state index contributed by atoms with van der Waals surface area (Å²) in [6.07, 6.45) is 0.866. The van der Waals surface area contributed by atoms with Crippen molar-refractivity contribution in [2.24, 2.45) is 23.7 Å². The van der Waals surface area contributed by atoms with Crippen LogP contribution in [0.4, 0.5) is 11.4 Å². The van der Waals surface area contributed by atoms with E-state index in [-0.39, 0.29) is 36.8 Å². The van der Waals surface area contributed by atoms with E-state index < -0.39 is 90.8 Å². The van der Waals surface area contributed by atoms with Gasteiger partial charge in [0.1, 0.15) is 17.1 Å². The Hall–Kier alpha value is -3.20. The van der Waals surface area contributed by atoms with Crippen LogP contribution < -0.4 is 0 Å². The molecule has 2 aliphatic rings. The number of aliphatic hydroxyl groups is 2. The van der Waals surface area contributed by atoms with Gasteiger partial charge in [0.25, 0.3) is 0 Å². The molecule has 0 amide bonds. The first-order chi connectivity index (χ1) is 22.3. The Morgan fingerprint density at radius 2 is 1.67 bits per heavy atom. The van der Waals surface area contributed by atoms with E-state index in [0.717, 1.165) is 6.92 Å². The lowest BCUT2D eigenvalue weighted by atomic mass is 9.76. The van der Waals surface area contributed by atoms with E-state index >= 15 is 0 Å². The summed E-state index contributed by atoms with van der Waals surface area (Å²) in [6, 6.07) is 0. The quantitative estimate of drug-likeness (QED) is 0.130. The monoisotopic (exact) mass is 680 g/mol. The number of aromatic carboxylic acids is 1. The third-order valence-corrected chi connectivity index (χ3v) is 11.3. The summed E-state index contributed by atoms with van der Waals surface area (Å²) in [6.45, 7) is 14.0. The van der Waals surface area contributed by atoms with Crippen molar-refractivity contribution in [2.45, 2.75) is 142 Å². The van der Waals surface area contributed by atoms with E-state index in [2.05, 4.69) is 0 Å². The molecule has 3 rings (SSSR count). The number of Topliss-reactive ketones (excluding diaryl/α,β-unsaturated/α-hetero) is 1. The first kappa shape index (κ1) is 39.2. The highest BCUT2D eigenvalue weighted by Gasteiger charge is 2.55. The molecule has 0 saturated carbocycles. The molecule has 0 aliphatic carbocycles. The molecule has 1 aromatic rings. The molecule has 2 fully saturated rings. The number of nitro benzene ring substituents is 2. The summed E-state index contributed by atoms with van der Waals surface area (Å²) in [5.74, 6) is -4.93. The van der Waals surface area contributed by atoms with Gasteiger partial charge in [0, 0.05) is 11.8 Å². The number of ketones is 1. The van der Waals surface area contributed by atoms with Crippen LogP contribution in [0, 0.1) is 50.8 Å². The zero-order valence-electron chi connectivity index (χ0n) is 29.2. The number of aromatic hydroxyl groups is 1. The molecule has 14 heteroatoms. The predicted octanol–water partition coefficient (Wildman–Crippen LogP) is 5.66. The van der Waals surface area contributed by atoms with Crippen molar-refractivity contribution in [3.8, 4) is 5.75 Å². The summed E-state index contributed by atoms with van der Waals surface area (Å²) in [7, 11) is 0. The molecular formula is C34H52N2O12. The lowest BCUT2D eigenvalue weighted by Crippen LogP contribution is -2.55. The van der Waals surface area contributed by atoms with Gasteiger partial charge in [0.2, 0.25) is 0 Å². The van der Waals surface area contributed by atoms with Crippen molar-refractivity contribution in [1.29, 1.82) is 0 Å². The highest BCUT2D eigenvalue weighted by molar-refractivity contribution is 5.96. The minimum absolute atomic E-state index is 0.00602. The maximum absolute atomic E-state index is 14.0. The maximum Gasteiger partial charge on any atom is 0.352 e. The van der Waals surface area contributed by atoms with Crippen molar-refractivity contribution in [1.82, 2.24) is 0 Å². The van der Waals surface area contributed by atoms with Crippen LogP contribution >= 0.6 is 0 Å². The summed E-state index contributed by atoms with van der Waals surface area (Å²) in [4.78, 5) is 47.6. The standard InChI is InChI=1S/C34H52N2O12/c1-9-22(31-18(5)16-34(11-3,48-31)24-14-15-33(42,10-2)21(8)47-24)29(38)20(7)28(37)17(4)12-13-23-25(32(40)41)30(39)19(6)26(35(43)44)27(23)36(45)46/h17-18,20-22,24,28,31,37,39,42H,9-16H2,1-8H3,(H,40,41)/t17-,18+,20+,21+,22+,24-,28+,31+,33-,34+/m1/s1. The highest BCUT2D eigenvalue weighted by atomic mass is 16.6. The number of rotatable bonds is 15. The summed E-state index contributed by atoms with van der Waals surface area (Å²) >= 11 is 0. The SMILES string of the molecule is CC[C@@H](C(=O)[C@@H](C)[C@@H](O)[C@H](C)CCc1c(C(=O)O)c(O)c(C)c([N+](=O)[O-])c1[N+](=O)[O-])[C@H]1O[C@](CC)([C@H]2CC[C@](O)(CC)[C@H](C)O2)C[C@@H]1C. The summed E-state index contributed by atoms with van der Waals surface area (Å²) < 4.78 is 13.2. The average Bonchev–Trinajstić information content (AvgIpc) is 3.38. The molecule has 0 bridgehead atoms. The number of carbonyl (C=O) groups is 2. The number of hydrogen-bond donors (Lipinski definition) is 4. The Kier molecular flexibility index (Phi) is 12.4. The molecule has 1 aromatic carbocycles. The number of carboxylic acid groups (broad SMARTS) is 1. The number of aliphatic hydroxyl groups excluding tert-OH is 1. The van der Waals surface area contributed by atoms with Crippen LogP contribution in [0.1, 0.15) is 115 Å². The maximum atomic E-state index is 14.0. The van der Waals surface area contributed by atoms with Crippen LogP contribution in [0.5, 0.6) is 5.75 Å². The number of nitrogens with zero attached hydrogens (tertiary/aromatic N) is 2. The fourth-order valence-electron chi connectivity index (χ4n) is 8.03. The van der Waals surface area contributed by atoms with E-state index in [1.165, 1.54) is 0 Å². The van der Waals surface area contributed by atoms with Gasteiger partial charge in [-0.15, -0.1) is 0 Å². The van der Waals surface area contributed by atoms with Crippen LogP contribution in [0.3, 0.4) is 0 Å². The van der Waals surface area contributed by atoms with Crippen molar-refractivity contribution < 1.29 is 49.3 Å². The molecule has 2 aliphatic heterocycles. The molecular weight excluding hydrogens is 628 g/mol. The second-order valence-electron chi connectivity index (χ2n) is 14.0. The zero-order valence-corrected chi connectivity index (χ0v) is 29.2. The van der Waals surface area contributed by atoms with Crippen molar-refractivity contribution >= 4 is 23.1 Å². The first-order valence-electron chi connectivity index (χ1n) is 17.0. The Balaban J connectivity index is 1.81. The first-order valence-corrected chi connectivity index (χ1v) is 17.0. The number of nitro groups is 2. The molecule has 0 aromatic heterocycles. The van der Waals surface area contributed by atoms with E-state index in [1.54, 1.807) is 13.8 Å². The van der Waals surface area contributed by atoms with Crippen LogP contribution in [0.25, 0.3) is 0 Å². The molecule has 4 N–H and O–H groups in total. The fourth-order valence-corrected chi connectivity index (χ4v) is 8.03. The minimum atomic E-state index is -1.69. The van der Waals surface area contributed by atoms with Crippen molar-refractivity contribution in [2.75, 3.05) is 0 Å². The Labute approximate surface area is 281 Å². The third-order valence-electron chi connectivity index (χ3n) is 11.3. The van der Waals surface area contributed by atoms with Gasteiger partial charge >= 0.3 is 17.3 Å². The lowest BCUT2D eigenvalue weighted by Gasteiger charge is -2.47. The Morgan fingerprint density at radius 1 is 1.06 bits per heavy atom. The third kappa shape index (κ3) is 7.22. The number of benzene rings is 1. The molecule has 10 atom stereocenters. The van der Waals surface area contributed by atoms with E-state index in [0.29, 0.717) is 38.5 Å². The molecule has 0 spiro atoms. The van der Waals surface area contributed by atoms with Gasteiger partial charge in [-0.05, 0) is 77.0 Å². The normalized spacial score (nSPS) is 30.0. The molecule has 14 nitrogen and oxygen atoms in total. The second-order valence-corrected chi connectivity index (χ2v) is 14.0. The number of ether oxygens (including phenoxy) is 2. The molecule has 0 radical (unpaired) electrons. The zero-order chi connectivity index (χ0) is 36.5. The molecule has 48 heavy (non-hydrogen) atoms. The smallest absolute Gasteiger partial charge is 0.352 e. The molecule has 2 heterocycles. The Bertz CT molecular complexity index is 1400. The van der Waals surface area contributed by atoms with Gasteiger partial charge < -0.3 is 29.9 Å². The predicted molar refractivity (Wildman–Crippen MR) is 175 cm³/mol. The van der Waals surface area contributed by atoms with Gasteiger partial charge in [-0.25, -0.2) is 4.79 Å². The van der Waals surface area contributed by atoms with E-state index in [9.17, 15) is 50.2 Å². The fraction of sp³-hybridized carbons (Fsp3) is 0.765. The van der Waals surface area contributed by atoms with E-state index in [1.807, 2.05) is 34.6 Å². The van der Waals surface area contributed by atoms with Gasteiger partial charge in [-0.3, -0.25) is 25.0 Å². The van der Waals surface area contributed by atoms with Crippen LogP contribution in [-0.4, -0.2) is 77.6 Å². The van der Waals surface area contributed by atoms with Gasteiger partial charge in [-0.1, -0.05) is 41.5 Å². The van der Waals surface area contributed by atoms with Crippen LogP contribution in [0.15, 0.2) is 0 Å². The van der Waals surface area contributed by atoms with Crippen LogP contribution in [0.2, 0.25) is 0 Å². The summed E-state index contributed by atoms with van der Waals surface area (Å²) in [5.41, 5.74) is -5.40. The van der Waals surface area contributed by atoms with E-state index in [4.69, 9.17) is 9.47 Å². The van der Waals surface area contributed by atoms with Gasteiger partial charge in [0.05, 0.1) is 56.6 Å². The summed E-state index contributed by atoms with van der Waals surface area (Å²) in [5, 5.41) is 66.2. The van der Waals surface area contributed by atoms with Gasteiger partial charge in [-0.2, -0.15) is 0 Å². The molecule has 0 unspecified atom stereocenters. The largest absolute Gasteiger partial charge is 0.506 e. The van der Waals surface area contributed by atoms with Crippen LogP contribution in [-0.2, 0) is 20.7 Å². The van der Waals surface area contributed by atoms with Crippen molar-refractivity contribution in [3.05, 3.63) is 36.9 Å². The number of hydrogen-bond acceptors (Lipinski definition) is 11. The number of phenols is 1. The molecule has 2 saturated heterocycles. The topological polar surface area (TPSA) is 220 Å². The van der Waals surface area contributed by atoms with Gasteiger partial charge in [0.15, 0.2) is 0 Å². The Morgan fingerprint density at radius 3 is 2.15 bits per heavy atom. The average molecular weight is 681 g/mol. The second kappa shape index (κ2) is 15.1. The van der Waals surface area contributed by atoms with Crippen molar-refractivity contribution in [3.63, 3.8) is 0 Å². The molecule has 270 valence electrons. The number of carboxylic acids is 1. The lowest BCUT2D eigenvalue weighted by molar-refractivity contribution is -0.423. The minimum Gasteiger partial charge on any atom is -0.506 e.